The standard InChI is InChI=1S/C13H15F3N2O2/c1-9-4-10(6-17-5-9)7-18-3-2-12(8-18,11(19)20)13(14,15)16/h4-6H,2-3,7-8H2,1H3,(H,19,20). The van der Waals surface area contributed by atoms with Gasteiger partial charge >= 0.3 is 12.1 Å². The van der Waals surface area contributed by atoms with Gasteiger partial charge < -0.3 is 5.11 Å². The fraction of sp³-hybridized carbons (Fsp3) is 0.538. The molecule has 20 heavy (non-hydrogen) atoms. The van der Waals surface area contributed by atoms with Gasteiger partial charge in [0.25, 0.3) is 0 Å². The first-order valence-electron chi connectivity index (χ1n) is 6.18. The van der Waals surface area contributed by atoms with Gasteiger partial charge in [-0.05, 0) is 24.5 Å². The molecule has 7 heteroatoms. The molecule has 2 rings (SSSR count). The SMILES string of the molecule is Cc1cncc(CN2CCC(C(=O)O)(C(F)(F)F)C2)c1. The highest BCUT2D eigenvalue weighted by atomic mass is 19.4. The smallest absolute Gasteiger partial charge is 0.406 e. The van der Waals surface area contributed by atoms with Crippen molar-refractivity contribution < 1.29 is 23.1 Å². The minimum atomic E-state index is -4.74. The molecule has 1 aliphatic rings. The van der Waals surface area contributed by atoms with Crippen LogP contribution in [0.1, 0.15) is 17.5 Å². The Kier molecular flexibility index (Phi) is 3.73. The van der Waals surface area contributed by atoms with Gasteiger partial charge in [-0.25, -0.2) is 0 Å². The lowest BCUT2D eigenvalue weighted by molar-refractivity contribution is -0.227. The Bertz CT molecular complexity index is 519. The number of pyridine rings is 1. The summed E-state index contributed by atoms with van der Waals surface area (Å²) in [6.07, 6.45) is -1.91. The van der Waals surface area contributed by atoms with E-state index < -0.39 is 30.5 Å². The number of carboxylic acid groups (broad SMARTS) is 1. The van der Waals surface area contributed by atoms with Gasteiger partial charge in [-0.1, -0.05) is 6.07 Å². The van der Waals surface area contributed by atoms with Crippen LogP contribution < -0.4 is 0 Å². The molecule has 110 valence electrons. The van der Waals surface area contributed by atoms with Crippen LogP contribution in [0.2, 0.25) is 0 Å². The molecule has 1 aliphatic heterocycles. The fourth-order valence-electron chi connectivity index (χ4n) is 2.51. The quantitative estimate of drug-likeness (QED) is 0.926. The van der Waals surface area contributed by atoms with Crippen molar-refractivity contribution in [2.24, 2.45) is 5.41 Å². The van der Waals surface area contributed by atoms with E-state index in [1.165, 1.54) is 4.90 Å². The molecule has 1 aromatic rings. The monoisotopic (exact) mass is 288 g/mol. The summed E-state index contributed by atoms with van der Waals surface area (Å²) >= 11 is 0. The van der Waals surface area contributed by atoms with Crippen molar-refractivity contribution in [3.63, 3.8) is 0 Å². The van der Waals surface area contributed by atoms with Crippen molar-refractivity contribution in [1.29, 1.82) is 0 Å². The Hall–Kier alpha value is -1.63. The molecule has 1 saturated heterocycles. The number of carbonyl (C=O) groups is 1. The number of alkyl halides is 3. The zero-order valence-corrected chi connectivity index (χ0v) is 10.9. The number of aromatic nitrogens is 1. The summed E-state index contributed by atoms with van der Waals surface area (Å²) in [5, 5.41) is 8.97. The molecule has 4 nitrogen and oxygen atoms in total. The summed E-state index contributed by atoms with van der Waals surface area (Å²) in [7, 11) is 0. The third kappa shape index (κ3) is 2.63. The lowest BCUT2D eigenvalue weighted by Crippen LogP contribution is -2.47. The molecule has 0 saturated carbocycles. The molecule has 1 unspecified atom stereocenters. The summed E-state index contributed by atoms with van der Waals surface area (Å²) in [5.41, 5.74) is -0.945. The van der Waals surface area contributed by atoms with Gasteiger partial charge in [-0.3, -0.25) is 14.7 Å². The van der Waals surface area contributed by atoms with Crippen molar-refractivity contribution in [3.05, 3.63) is 29.6 Å². The van der Waals surface area contributed by atoms with Gasteiger partial charge in [-0.15, -0.1) is 0 Å². The van der Waals surface area contributed by atoms with Gasteiger partial charge in [-0.2, -0.15) is 13.2 Å². The molecule has 0 amide bonds. The first-order valence-corrected chi connectivity index (χ1v) is 6.18. The minimum absolute atomic E-state index is 0.111. The van der Waals surface area contributed by atoms with E-state index in [0.717, 1.165) is 11.1 Å². The molecule has 0 bridgehead atoms. The zero-order chi connectivity index (χ0) is 15.0. The van der Waals surface area contributed by atoms with E-state index in [-0.39, 0.29) is 13.1 Å². The second-order valence-corrected chi connectivity index (χ2v) is 5.22. The van der Waals surface area contributed by atoms with Crippen LogP contribution in [0.15, 0.2) is 18.5 Å². The van der Waals surface area contributed by atoms with Gasteiger partial charge in [0, 0.05) is 32.0 Å². The zero-order valence-electron chi connectivity index (χ0n) is 10.9. The fourth-order valence-corrected chi connectivity index (χ4v) is 2.51. The average molecular weight is 288 g/mol. The van der Waals surface area contributed by atoms with Crippen molar-refractivity contribution >= 4 is 5.97 Å². The molecular formula is C13H15F3N2O2. The highest BCUT2D eigenvalue weighted by Gasteiger charge is 2.63. The molecular weight excluding hydrogens is 273 g/mol. The summed E-state index contributed by atoms with van der Waals surface area (Å²) in [6.45, 7) is 1.72. The topological polar surface area (TPSA) is 53.4 Å². The minimum Gasteiger partial charge on any atom is -0.481 e. The number of nitrogens with zero attached hydrogens (tertiary/aromatic N) is 2. The largest absolute Gasteiger partial charge is 0.481 e. The van der Waals surface area contributed by atoms with Crippen LogP contribution in [0.4, 0.5) is 13.2 Å². The molecule has 2 heterocycles. The Morgan fingerprint density at radius 1 is 1.50 bits per heavy atom. The first kappa shape index (κ1) is 14.8. The maximum atomic E-state index is 13.0. The highest BCUT2D eigenvalue weighted by Crippen LogP contribution is 2.45. The lowest BCUT2D eigenvalue weighted by atomic mass is 9.86. The molecule has 1 N–H and O–H groups in total. The van der Waals surface area contributed by atoms with Gasteiger partial charge in [0.05, 0.1) is 0 Å². The molecule has 1 atom stereocenters. The summed E-state index contributed by atoms with van der Waals surface area (Å²) in [5.74, 6) is -1.80. The number of hydrogen-bond donors (Lipinski definition) is 1. The maximum Gasteiger partial charge on any atom is 0.406 e. The molecule has 0 aromatic carbocycles. The molecule has 0 radical (unpaired) electrons. The lowest BCUT2D eigenvalue weighted by Gasteiger charge is -2.27. The average Bonchev–Trinajstić information content (AvgIpc) is 2.73. The van der Waals surface area contributed by atoms with Crippen LogP contribution in [0, 0.1) is 12.3 Å². The van der Waals surface area contributed by atoms with Gasteiger partial charge in [0.15, 0.2) is 5.41 Å². The van der Waals surface area contributed by atoms with Crippen molar-refractivity contribution in [3.8, 4) is 0 Å². The molecule has 1 fully saturated rings. The normalized spacial score (nSPS) is 24.0. The summed E-state index contributed by atoms with van der Waals surface area (Å²) in [6, 6.07) is 1.83. The van der Waals surface area contributed by atoms with E-state index in [1.807, 2.05) is 13.0 Å². The van der Waals surface area contributed by atoms with Gasteiger partial charge in [0.2, 0.25) is 0 Å². The Morgan fingerprint density at radius 2 is 2.20 bits per heavy atom. The number of halogens is 3. The van der Waals surface area contributed by atoms with Crippen LogP contribution in [-0.2, 0) is 11.3 Å². The van der Waals surface area contributed by atoms with Crippen LogP contribution >= 0.6 is 0 Å². The number of aryl methyl sites for hydroxylation is 1. The number of likely N-dealkylation sites (tertiary alicyclic amines) is 1. The second-order valence-electron chi connectivity index (χ2n) is 5.22. The van der Waals surface area contributed by atoms with E-state index in [9.17, 15) is 18.0 Å². The number of carboxylic acids is 1. The molecule has 0 aliphatic carbocycles. The number of hydrogen-bond acceptors (Lipinski definition) is 3. The third-order valence-electron chi connectivity index (χ3n) is 3.64. The maximum absolute atomic E-state index is 13.0. The summed E-state index contributed by atoms with van der Waals surface area (Å²) in [4.78, 5) is 16.6. The van der Waals surface area contributed by atoms with Crippen LogP contribution in [0.3, 0.4) is 0 Å². The van der Waals surface area contributed by atoms with Crippen molar-refractivity contribution in [1.82, 2.24) is 9.88 Å². The highest BCUT2D eigenvalue weighted by molar-refractivity contribution is 5.76. The van der Waals surface area contributed by atoms with Crippen molar-refractivity contribution in [2.75, 3.05) is 13.1 Å². The predicted molar refractivity (Wildman–Crippen MR) is 65.0 cm³/mol. The van der Waals surface area contributed by atoms with Crippen LogP contribution in [0.5, 0.6) is 0 Å². The molecule has 1 aromatic heterocycles. The first-order chi connectivity index (χ1) is 9.24. The van der Waals surface area contributed by atoms with E-state index >= 15 is 0 Å². The Morgan fingerprint density at radius 3 is 2.70 bits per heavy atom. The second kappa shape index (κ2) is 5.05. The molecule has 0 spiro atoms. The van der Waals surface area contributed by atoms with Crippen LogP contribution in [0.25, 0.3) is 0 Å². The predicted octanol–water partition coefficient (Wildman–Crippen LogP) is 2.23. The van der Waals surface area contributed by atoms with E-state index in [1.54, 1.807) is 12.4 Å². The van der Waals surface area contributed by atoms with E-state index in [4.69, 9.17) is 5.11 Å². The Balaban J connectivity index is 2.13. The number of aliphatic carboxylic acids is 1. The third-order valence-corrected chi connectivity index (χ3v) is 3.64. The van der Waals surface area contributed by atoms with Gasteiger partial charge in [0.1, 0.15) is 0 Å². The van der Waals surface area contributed by atoms with Crippen LogP contribution in [-0.4, -0.2) is 40.2 Å². The van der Waals surface area contributed by atoms with E-state index in [0.29, 0.717) is 0 Å². The van der Waals surface area contributed by atoms with E-state index in [2.05, 4.69) is 4.98 Å². The summed E-state index contributed by atoms with van der Waals surface area (Å²) < 4.78 is 39.1. The Labute approximate surface area is 114 Å². The van der Waals surface area contributed by atoms with Crippen molar-refractivity contribution in [2.45, 2.75) is 26.1 Å². The number of rotatable bonds is 3.